The highest BCUT2D eigenvalue weighted by molar-refractivity contribution is 7.99. The van der Waals surface area contributed by atoms with Gasteiger partial charge < -0.3 is 9.15 Å². The van der Waals surface area contributed by atoms with Crippen LogP contribution in [0.3, 0.4) is 0 Å². The van der Waals surface area contributed by atoms with Crippen molar-refractivity contribution in [2.45, 2.75) is 30.6 Å². The topological polar surface area (TPSA) is 82.3 Å². The van der Waals surface area contributed by atoms with Crippen LogP contribution in [-0.2, 0) is 14.3 Å². The number of pyridine rings is 1. The van der Waals surface area contributed by atoms with Crippen LogP contribution < -0.4 is 0 Å². The lowest BCUT2D eigenvalue weighted by Crippen LogP contribution is -2.03. The molecule has 0 saturated heterocycles. The molecule has 0 aliphatic rings. The molecule has 7 heteroatoms. The number of ether oxygens (including phenoxy) is 1. The summed E-state index contributed by atoms with van der Waals surface area (Å²) < 4.78 is 9.57. The number of benzene rings is 2. The van der Waals surface area contributed by atoms with Gasteiger partial charge in [-0.1, -0.05) is 23.9 Å². The number of hydrogen-bond acceptors (Lipinski definition) is 7. The first-order chi connectivity index (χ1) is 13.4. The summed E-state index contributed by atoms with van der Waals surface area (Å²) in [6.45, 7) is 4.23. The van der Waals surface area contributed by atoms with Gasteiger partial charge in [-0.25, -0.2) is 4.98 Å². The van der Waals surface area contributed by atoms with Crippen molar-refractivity contribution in [2.24, 2.45) is 0 Å². The summed E-state index contributed by atoms with van der Waals surface area (Å²) in [5.74, 6) is -0.427. The highest BCUT2D eigenvalue weighted by Gasteiger charge is 2.06. The number of carbonyl (C=O) groups is 2. The zero-order valence-electron chi connectivity index (χ0n) is 15.6. The molecule has 0 fully saturated rings. The van der Waals surface area contributed by atoms with E-state index in [1.165, 1.54) is 24.1 Å². The van der Waals surface area contributed by atoms with Gasteiger partial charge in [0.1, 0.15) is 5.52 Å². The van der Waals surface area contributed by atoms with Crippen LogP contribution in [0.25, 0.3) is 21.9 Å². The van der Waals surface area contributed by atoms with Crippen molar-refractivity contribution < 1.29 is 18.7 Å². The van der Waals surface area contributed by atoms with Crippen molar-refractivity contribution in [2.75, 3.05) is 0 Å². The second-order valence-corrected chi connectivity index (χ2v) is 7.02. The first-order valence-electron chi connectivity index (χ1n) is 8.49. The molecule has 4 aromatic rings. The molecule has 0 amide bonds. The van der Waals surface area contributed by atoms with Crippen molar-refractivity contribution in [1.82, 2.24) is 9.97 Å². The minimum atomic E-state index is -0.562. The fourth-order valence-electron chi connectivity index (χ4n) is 2.59. The summed E-state index contributed by atoms with van der Waals surface area (Å²) >= 11 is 1.73. The predicted octanol–water partition coefficient (Wildman–Crippen LogP) is 4.93. The molecule has 0 aliphatic heterocycles. The quantitative estimate of drug-likeness (QED) is 0.352. The van der Waals surface area contributed by atoms with Crippen LogP contribution in [-0.4, -0.2) is 21.9 Å². The molecule has 2 heterocycles. The maximum absolute atomic E-state index is 9.81. The summed E-state index contributed by atoms with van der Waals surface area (Å²) in [5, 5.41) is 2.37. The summed E-state index contributed by atoms with van der Waals surface area (Å²) in [6, 6.07) is 14.4. The van der Waals surface area contributed by atoms with Gasteiger partial charge in [-0.05, 0) is 35.7 Å². The summed E-state index contributed by atoms with van der Waals surface area (Å²) in [7, 11) is 0. The summed E-state index contributed by atoms with van der Waals surface area (Å²) in [4.78, 5) is 30.5. The number of nitrogens with zero attached hydrogens (tertiary/aromatic N) is 2. The van der Waals surface area contributed by atoms with Crippen molar-refractivity contribution >= 4 is 45.6 Å². The standard InChI is InChI=1S/C17H12N2OS.C4H6O3/c1-11-19-15-6-5-13(9-16(15)20-11)21-17-4-2-3-12-10-18-8-7-14(12)17;1-3(5)7-4(2)6/h2-10H,1H3;1-2H3. The Bertz CT molecular complexity index is 1140. The number of aromatic nitrogens is 2. The molecule has 0 aliphatic carbocycles. The third-order valence-electron chi connectivity index (χ3n) is 3.62. The molecule has 4 rings (SSSR count). The number of aryl methyl sites for hydroxylation is 1. The van der Waals surface area contributed by atoms with Crippen LogP contribution in [0.4, 0.5) is 0 Å². The van der Waals surface area contributed by atoms with Crippen molar-refractivity contribution in [1.29, 1.82) is 0 Å². The van der Waals surface area contributed by atoms with E-state index in [9.17, 15) is 9.59 Å². The van der Waals surface area contributed by atoms with Gasteiger partial charge in [0.25, 0.3) is 0 Å². The molecular formula is C21H18N2O4S. The van der Waals surface area contributed by atoms with Gasteiger partial charge in [0.2, 0.25) is 0 Å². The van der Waals surface area contributed by atoms with E-state index in [4.69, 9.17) is 4.42 Å². The lowest BCUT2D eigenvalue weighted by atomic mass is 10.2. The van der Waals surface area contributed by atoms with E-state index in [0.717, 1.165) is 21.4 Å². The number of hydrogen-bond donors (Lipinski definition) is 0. The highest BCUT2D eigenvalue weighted by atomic mass is 32.2. The number of oxazole rings is 1. The minimum Gasteiger partial charge on any atom is -0.441 e. The molecule has 0 saturated carbocycles. The summed E-state index contributed by atoms with van der Waals surface area (Å²) in [5.41, 5.74) is 1.73. The SMILES string of the molecule is CC(=O)OC(C)=O.Cc1nc2ccc(Sc3cccc4cnccc34)cc2o1. The largest absolute Gasteiger partial charge is 0.441 e. The van der Waals surface area contributed by atoms with E-state index < -0.39 is 11.9 Å². The maximum atomic E-state index is 9.81. The van der Waals surface area contributed by atoms with E-state index >= 15 is 0 Å². The third kappa shape index (κ3) is 4.95. The Morgan fingerprint density at radius 2 is 1.86 bits per heavy atom. The second kappa shape index (κ2) is 8.67. The van der Waals surface area contributed by atoms with Crippen molar-refractivity contribution in [3.8, 4) is 0 Å². The molecule has 0 atom stereocenters. The fraction of sp³-hybridized carbons (Fsp3) is 0.143. The van der Waals surface area contributed by atoms with Crippen molar-refractivity contribution in [3.05, 3.63) is 60.7 Å². The first kappa shape index (κ1) is 19.6. The highest BCUT2D eigenvalue weighted by Crippen LogP contribution is 2.34. The van der Waals surface area contributed by atoms with Crippen LogP contribution >= 0.6 is 11.8 Å². The molecule has 0 bridgehead atoms. The van der Waals surface area contributed by atoms with Crippen LogP contribution in [0.2, 0.25) is 0 Å². The molecular weight excluding hydrogens is 376 g/mol. The van der Waals surface area contributed by atoms with Gasteiger partial charge in [-0.3, -0.25) is 14.6 Å². The fourth-order valence-corrected chi connectivity index (χ4v) is 3.59. The Morgan fingerprint density at radius 1 is 1.07 bits per heavy atom. The Kier molecular flexibility index (Phi) is 6.06. The molecule has 0 radical (unpaired) electrons. The molecule has 0 N–H and O–H groups in total. The normalized spacial score (nSPS) is 10.4. The summed E-state index contributed by atoms with van der Waals surface area (Å²) in [6.07, 6.45) is 3.72. The Morgan fingerprint density at radius 3 is 2.57 bits per heavy atom. The number of esters is 2. The number of rotatable bonds is 2. The van der Waals surface area contributed by atoms with Crippen molar-refractivity contribution in [3.63, 3.8) is 0 Å². The van der Waals surface area contributed by atoms with Crippen LogP contribution in [0.5, 0.6) is 0 Å². The third-order valence-corrected chi connectivity index (χ3v) is 4.69. The van der Waals surface area contributed by atoms with Gasteiger partial charge in [-0.2, -0.15) is 0 Å². The average molecular weight is 394 g/mol. The molecule has 0 unspecified atom stereocenters. The Labute approximate surface area is 165 Å². The smallest absolute Gasteiger partial charge is 0.310 e. The Hall–Kier alpha value is -3.19. The second-order valence-electron chi connectivity index (χ2n) is 5.90. The van der Waals surface area contributed by atoms with Gasteiger partial charge in [0, 0.05) is 48.3 Å². The zero-order chi connectivity index (χ0) is 20.1. The van der Waals surface area contributed by atoms with Crippen LogP contribution in [0.1, 0.15) is 19.7 Å². The maximum Gasteiger partial charge on any atom is 0.310 e. The van der Waals surface area contributed by atoms with Gasteiger partial charge in [-0.15, -0.1) is 0 Å². The van der Waals surface area contributed by atoms with Crippen LogP contribution in [0.15, 0.2) is 69.1 Å². The van der Waals surface area contributed by atoms with Gasteiger partial charge in [0.05, 0.1) is 0 Å². The zero-order valence-corrected chi connectivity index (χ0v) is 16.4. The number of carbonyl (C=O) groups excluding carboxylic acids is 2. The van der Waals surface area contributed by atoms with E-state index in [0.29, 0.717) is 5.89 Å². The van der Waals surface area contributed by atoms with E-state index in [2.05, 4.69) is 45.0 Å². The van der Waals surface area contributed by atoms with Gasteiger partial charge in [0.15, 0.2) is 11.5 Å². The van der Waals surface area contributed by atoms with E-state index in [1.54, 1.807) is 11.8 Å². The average Bonchev–Trinajstić information content (AvgIpc) is 3.01. The molecule has 6 nitrogen and oxygen atoms in total. The van der Waals surface area contributed by atoms with E-state index in [1.807, 2.05) is 31.5 Å². The van der Waals surface area contributed by atoms with E-state index in [-0.39, 0.29) is 0 Å². The molecule has 142 valence electrons. The Balaban J connectivity index is 0.000000279. The van der Waals surface area contributed by atoms with Crippen LogP contribution in [0, 0.1) is 6.92 Å². The van der Waals surface area contributed by atoms with Gasteiger partial charge >= 0.3 is 11.9 Å². The number of fused-ring (bicyclic) bond motifs is 2. The molecule has 2 aromatic carbocycles. The molecule has 28 heavy (non-hydrogen) atoms. The monoisotopic (exact) mass is 394 g/mol. The molecule has 2 aromatic heterocycles. The lowest BCUT2D eigenvalue weighted by molar-refractivity contribution is -0.156. The minimum absolute atomic E-state index is 0.562. The molecule has 0 spiro atoms. The lowest BCUT2D eigenvalue weighted by Gasteiger charge is -2.05. The predicted molar refractivity (Wildman–Crippen MR) is 107 cm³/mol. The first-order valence-corrected chi connectivity index (χ1v) is 9.31.